The van der Waals surface area contributed by atoms with E-state index in [-0.39, 0.29) is 39.3 Å². The molecular formula is C24H26F5N5O3S. The lowest BCUT2D eigenvalue weighted by atomic mass is 9.89. The molecule has 0 aromatic carbocycles. The van der Waals surface area contributed by atoms with Crippen molar-refractivity contribution in [3.8, 4) is 10.4 Å². The molecule has 0 unspecified atom stereocenters. The summed E-state index contributed by atoms with van der Waals surface area (Å²) < 4.78 is 67.3. The smallest absolute Gasteiger partial charge is 0.393 e. The fourth-order valence-electron chi connectivity index (χ4n) is 5.29. The highest BCUT2D eigenvalue weighted by atomic mass is 32.1. The number of rotatable bonds is 7. The molecule has 4 heterocycles. The van der Waals surface area contributed by atoms with E-state index in [4.69, 9.17) is 0 Å². The molecule has 2 saturated heterocycles. The number of hydrogen-bond donors (Lipinski definition) is 3. The number of anilines is 1. The molecule has 0 radical (unpaired) electrons. The van der Waals surface area contributed by atoms with Gasteiger partial charge in [0.05, 0.1) is 11.0 Å². The van der Waals surface area contributed by atoms with Crippen molar-refractivity contribution in [2.45, 2.75) is 88.3 Å². The number of thiazole rings is 1. The molecule has 2 amide bonds. The Morgan fingerprint density at radius 2 is 1.79 bits per heavy atom. The Hall–Kier alpha value is -2.87. The molecule has 5 rings (SSSR count). The SMILES string of the molecule is C[C@H](Nc1cc(C(F)F)c(-c2sc(C(=O)N[C@H]3C[C@H](O)C3)nc2C(=O)N2[C@H]3CC[C@H]2CC3)cn1)C(F)(F)F. The number of aliphatic hydroxyl groups excluding tert-OH is 1. The molecule has 2 bridgehead atoms. The fraction of sp³-hybridized carbons (Fsp3) is 0.583. The van der Waals surface area contributed by atoms with E-state index in [0.29, 0.717) is 12.8 Å². The van der Waals surface area contributed by atoms with Crippen LogP contribution in [-0.4, -0.2) is 68.2 Å². The van der Waals surface area contributed by atoms with E-state index in [1.54, 1.807) is 4.90 Å². The van der Waals surface area contributed by atoms with Gasteiger partial charge in [-0.2, -0.15) is 13.2 Å². The van der Waals surface area contributed by atoms with Crippen molar-refractivity contribution in [3.05, 3.63) is 28.5 Å². The van der Waals surface area contributed by atoms with Gasteiger partial charge in [-0.15, -0.1) is 11.3 Å². The zero-order valence-electron chi connectivity index (χ0n) is 20.3. The van der Waals surface area contributed by atoms with Gasteiger partial charge in [0.15, 0.2) is 5.01 Å². The number of hydrogen-bond acceptors (Lipinski definition) is 7. The number of fused-ring (bicyclic) bond motifs is 2. The van der Waals surface area contributed by atoms with Crippen LogP contribution in [0.1, 0.15) is 77.7 Å². The molecule has 14 heteroatoms. The molecule has 1 atom stereocenters. The van der Waals surface area contributed by atoms with Gasteiger partial charge >= 0.3 is 6.18 Å². The first-order valence-electron chi connectivity index (χ1n) is 12.4. The number of carbonyl (C=O) groups is 2. The van der Waals surface area contributed by atoms with Crippen molar-refractivity contribution in [3.63, 3.8) is 0 Å². The van der Waals surface area contributed by atoms with Crippen LogP contribution in [0.4, 0.5) is 27.8 Å². The van der Waals surface area contributed by atoms with E-state index in [2.05, 4.69) is 20.6 Å². The largest absolute Gasteiger partial charge is 0.408 e. The molecule has 2 aromatic rings. The predicted molar refractivity (Wildman–Crippen MR) is 128 cm³/mol. The van der Waals surface area contributed by atoms with Crippen LogP contribution < -0.4 is 10.6 Å². The molecule has 206 valence electrons. The number of nitrogens with one attached hydrogen (secondary N) is 2. The standard InChI is InChI=1S/C24H26F5N5O3S/c1-10(24(27,28)29)31-17-8-15(20(25)26)16(9-30-17)19-18(23(37)34-12-2-3-13(34)5-4-12)33-22(38-19)21(36)32-11-6-14(35)7-11/h8-14,20,35H,2-7H2,1H3,(H,30,31)(H,32,36)/t10-,11-,12-,13-,14-/m0/s1. The van der Waals surface area contributed by atoms with Crippen molar-refractivity contribution >= 4 is 29.0 Å². The average Bonchev–Trinajstić information content (AvgIpc) is 3.56. The molecule has 3 aliphatic rings. The van der Waals surface area contributed by atoms with Gasteiger partial charge < -0.3 is 20.6 Å². The molecule has 38 heavy (non-hydrogen) atoms. The van der Waals surface area contributed by atoms with Gasteiger partial charge in [0.1, 0.15) is 17.6 Å². The van der Waals surface area contributed by atoms with E-state index >= 15 is 0 Å². The minimum atomic E-state index is -4.61. The second-order valence-corrected chi connectivity index (χ2v) is 11.0. The lowest BCUT2D eigenvalue weighted by molar-refractivity contribution is -0.138. The highest BCUT2D eigenvalue weighted by molar-refractivity contribution is 7.17. The van der Waals surface area contributed by atoms with Crippen LogP contribution in [0.3, 0.4) is 0 Å². The van der Waals surface area contributed by atoms with Crippen LogP contribution in [0.5, 0.6) is 0 Å². The Bertz CT molecular complexity index is 1210. The summed E-state index contributed by atoms with van der Waals surface area (Å²) in [7, 11) is 0. The minimum absolute atomic E-state index is 0.0123. The second kappa shape index (κ2) is 10.0. The number of halogens is 5. The Balaban J connectivity index is 1.52. The van der Waals surface area contributed by atoms with Crippen LogP contribution >= 0.6 is 11.3 Å². The van der Waals surface area contributed by atoms with Gasteiger partial charge in [-0.25, -0.2) is 18.7 Å². The van der Waals surface area contributed by atoms with Crippen LogP contribution in [0.25, 0.3) is 10.4 Å². The predicted octanol–water partition coefficient (Wildman–Crippen LogP) is 4.53. The fourth-order valence-corrected chi connectivity index (χ4v) is 6.28. The van der Waals surface area contributed by atoms with E-state index in [9.17, 15) is 36.6 Å². The van der Waals surface area contributed by atoms with Crippen molar-refractivity contribution < 1.29 is 36.6 Å². The molecule has 3 fully saturated rings. The topological polar surface area (TPSA) is 107 Å². The van der Waals surface area contributed by atoms with Gasteiger partial charge in [0.25, 0.3) is 18.2 Å². The highest BCUT2D eigenvalue weighted by Gasteiger charge is 2.44. The third-order valence-corrected chi connectivity index (χ3v) is 8.52. The first-order valence-corrected chi connectivity index (χ1v) is 13.2. The Labute approximate surface area is 218 Å². The zero-order valence-corrected chi connectivity index (χ0v) is 21.1. The minimum Gasteiger partial charge on any atom is -0.393 e. The number of aromatic nitrogens is 2. The summed E-state index contributed by atoms with van der Waals surface area (Å²) in [5.41, 5.74) is -0.954. The number of carbonyl (C=O) groups excluding carboxylic acids is 2. The summed E-state index contributed by atoms with van der Waals surface area (Å²) in [5, 5.41) is 14.2. The normalized spacial score (nSPS) is 25.4. The molecule has 1 saturated carbocycles. The first-order chi connectivity index (χ1) is 17.9. The highest BCUT2D eigenvalue weighted by Crippen LogP contribution is 2.42. The van der Waals surface area contributed by atoms with Crippen LogP contribution in [-0.2, 0) is 0 Å². The van der Waals surface area contributed by atoms with Gasteiger partial charge in [-0.1, -0.05) is 0 Å². The van der Waals surface area contributed by atoms with Crippen molar-refractivity contribution in [1.82, 2.24) is 20.2 Å². The van der Waals surface area contributed by atoms with E-state index in [0.717, 1.165) is 56.2 Å². The molecule has 2 aliphatic heterocycles. The molecule has 0 spiro atoms. The van der Waals surface area contributed by atoms with Crippen molar-refractivity contribution in [2.75, 3.05) is 5.32 Å². The third-order valence-electron chi connectivity index (χ3n) is 7.43. The van der Waals surface area contributed by atoms with Crippen molar-refractivity contribution in [1.29, 1.82) is 0 Å². The van der Waals surface area contributed by atoms with Crippen LogP contribution in [0.2, 0.25) is 0 Å². The molecule has 3 N–H and O–H groups in total. The number of amides is 2. The van der Waals surface area contributed by atoms with E-state index in [1.165, 1.54) is 0 Å². The summed E-state index contributed by atoms with van der Waals surface area (Å²) in [6.45, 7) is 0.841. The molecule has 1 aliphatic carbocycles. The number of aliphatic hydroxyl groups is 1. The van der Waals surface area contributed by atoms with Crippen LogP contribution in [0.15, 0.2) is 12.3 Å². The second-order valence-electron chi connectivity index (χ2n) is 10.0. The van der Waals surface area contributed by atoms with E-state index in [1.807, 2.05) is 0 Å². The van der Waals surface area contributed by atoms with E-state index < -0.39 is 47.9 Å². The van der Waals surface area contributed by atoms with Gasteiger partial charge in [-0.3, -0.25) is 9.59 Å². The third kappa shape index (κ3) is 5.07. The van der Waals surface area contributed by atoms with Gasteiger partial charge in [0, 0.05) is 35.4 Å². The lowest BCUT2D eigenvalue weighted by Crippen LogP contribution is -2.46. The Morgan fingerprint density at radius 1 is 1.16 bits per heavy atom. The first kappa shape index (κ1) is 26.7. The van der Waals surface area contributed by atoms with Crippen LogP contribution in [0, 0.1) is 0 Å². The number of pyridine rings is 1. The summed E-state index contributed by atoms with van der Waals surface area (Å²) in [6.07, 6.45) is -3.18. The van der Waals surface area contributed by atoms with Crippen molar-refractivity contribution in [2.24, 2.45) is 0 Å². The number of nitrogens with zero attached hydrogens (tertiary/aromatic N) is 3. The summed E-state index contributed by atoms with van der Waals surface area (Å²) >= 11 is 0.757. The zero-order chi connectivity index (χ0) is 27.4. The summed E-state index contributed by atoms with van der Waals surface area (Å²) in [5.74, 6) is -1.46. The summed E-state index contributed by atoms with van der Waals surface area (Å²) in [6, 6.07) is -1.45. The molecular weight excluding hydrogens is 533 g/mol. The molecule has 2 aromatic heterocycles. The maximum Gasteiger partial charge on any atom is 0.408 e. The monoisotopic (exact) mass is 559 g/mol. The van der Waals surface area contributed by atoms with Gasteiger partial charge in [-0.05, 0) is 51.5 Å². The quantitative estimate of drug-likeness (QED) is 0.431. The summed E-state index contributed by atoms with van der Waals surface area (Å²) in [4.78, 5) is 36.4. The number of alkyl halides is 5. The average molecular weight is 560 g/mol. The lowest BCUT2D eigenvalue weighted by Gasteiger charge is -2.31. The molecule has 8 nitrogen and oxygen atoms in total. The Morgan fingerprint density at radius 3 is 2.34 bits per heavy atom. The maximum atomic E-state index is 14.2. The van der Waals surface area contributed by atoms with Gasteiger partial charge in [0.2, 0.25) is 0 Å². The maximum absolute atomic E-state index is 14.2. The Kier molecular flexibility index (Phi) is 7.05.